The van der Waals surface area contributed by atoms with Crippen LogP contribution in [0.3, 0.4) is 0 Å². The van der Waals surface area contributed by atoms with Crippen LogP contribution >= 0.6 is 15.9 Å². The molecule has 2 aromatic rings. The molecule has 6 nitrogen and oxygen atoms in total. The topological polar surface area (TPSA) is 86.7 Å². The van der Waals surface area contributed by atoms with E-state index in [4.69, 9.17) is 24.7 Å². The Kier molecular flexibility index (Phi) is 4.13. The molecule has 2 N–H and O–H groups in total. The molecule has 0 spiro atoms. The highest BCUT2D eigenvalue weighted by Crippen LogP contribution is 2.49. The average Bonchev–Trinajstić information content (AvgIpc) is 3.08. The second-order valence-electron chi connectivity index (χ2n) is 5.78. The van der Waals surface area contributed by atoms with Gasteiger partial charge in [0, 0.05) is 21.7 Å². The second kappa shape index (κ2) is 6.46. The van der Waals surface area contributed by atoms with E-state index >= 15 is 0 Å². The second-order valence-corrected chi connectivity index (χ2v) is 6.70. The van der Waals surface area contributed by atoms with Crippen LogP contribution in [-0.4, -0.2) is 13.4 Å². The first-order chi connectivity index (χ1) is 12.6. The lowest BCUT2D eigenvalue weighted by Crippen LogP contribution is -2.21. The van der Waals surface area contributed by atoms with E-state index in [9.17, 15) is 5.26 Å². The maximum atomic E-state index is 9.73. The molecule has 2 heterocycles. The number of ether oxygens (including phenoxy) is 4. The Morgan fingerprint density at radius 3 is 2.69 bits per heavy atom. The van der Waals surface area contributed by atoms with E-state index in [0.717, 1.165) is 15.6 Å². The minimum Gasteiger partial charge on any atom is -0.494 e. The summed E-state index contributed by atoms with van der Waals surface area (Å²) in [6.07, 6.45) is 0. The largest absolute Gasteiger partial charge is 0.494 e. The van der Waals surface area contributed by atoms with Gasteiger partial charge in [0.1, 0.15) is 23.1 Å². The van der Waals surface area contributed by atoms with Gasteiger partial charge in [-0.05, 0) is 31.2 Å². The molecule has 0 saturated carbocycles. The van der Waals surface area contributed by atoms with Crippen molar-refractivity contribution in [2.45, 2.75) is 12.8 Å². The van der Waals surface area contributed by atoms with Crippen molar-refractivity contribution in [1.82, 2.24) is 0 Å². The van der Waals surface area contributed by atoms with Crippen molar-refractivity contribution in [3.05, 3.63) is 57.4 Å². The zero-order valence-electron chi connectivity index (χ0n) is 13.9. The first-order valence-electron chi connectivity index (χ1n) is 8.05. The minimum absolute atomic E-state index is 0.0753. The molecular formula is C19H15BrN2O4. The van der Waals surface area contributed by atoms with Gasteiger partial charge in [0.15, 0.2) is 11.5 Å². The van der Waals surface area contributed by atoms with E-state index in [0.29, 0.717) is 35.2 Å². The third-order valence-corrected chi connectivity index (χ3v) is 4.79. The van der Waals surface area contributed by atoms with E-state index in [1.807, 2.05) is 31.2 Å². The zero-order valence-corrected chi connectivity index (χ0v) is 15.5. The average molecular weight is 415 g/mol. The first-order valence-corrected chi connectivity index (χ1v) is 8.85. The Morgan fingerprint density at radius 1 is 1.19 bits per heavy atom. The number of hydrogen-bond acceptors (Lipinski definition) is 6. The smallest absolute Gasteiger partial charge is 0.231 e. The highest BCUT2D eigenvalue weighted by Gasteiger charge is 2.35. The van der Waals surface area contributed by atoms with Crippen LogP contribution in [0, 0.1) is 11.3 Å². The van der Waals surface area contributed by atoms with Crippen LogP contribution < -0.4 is 24.7 Å². The Hall–Kier alpha value is -2.85. The third kappa shape index (κ3) is 2.63. The van der Waals surface area contributed by atoms with Gasteiger partial charge in [-0.1, -0.05) is 15.9 Å². The summed E-state index contributed by atoms with van der Waals surface area (Å²) < 4.78 is 23.3. The van der Waals surface area contributed by atoms with Gasteiger partial charge in [-0.25, -0.2) is 0 Å². The monoisotopic (exact) mass is 414 g/mol. The summed E-state index contributed by atoms with van der Waals surface area (Å²) in [4.78, 5) is 0. The molecule has 0 unspecified atom stereocenters. The van der Waals surface area contributed by atoms with Crippen LogP contribution in [0.5, 0.6) is 23.0 Å². The summed E-state index contributed by atoms with van der Waals surface area (Å²) in [5.74, 6) is 2.08. The lowest BCUT2D eigenvalue weighted by atomic mass is 9.83. The van der Waals surface area contributed by atoms with Gasteiger partial charge in [0.05, 0.1) is 12.5 Å². The molecule has 2 aromatic carbocycles. The fourth-order valence-electron chi connectivity index (χ4n) is 3.20. The van der Waals surface area contributed by atoms with Gasteiger partial charge in [0.25, 0.3) is 0 Å². The summed E-state index contributed by atoms with van der Waals surface area (Å²) >= 11 is 3.50. The number of hydrogen-bond donors (Lipinski definition) is 1. The summed E-state index contributed by atoms with van der Waals surface area (Å²) in [5, 5.41) is 9.73. The van der Waals surface area contributed by atoms with Crippen molar-refractivity contribution in [2.75, 3.05) is 13.4 Å². The highest BCUT2D eigenvalue weighted by atomic mass is 79.9. The first kappa shape index (κ1) is 16.6. The maximum absolute atomic E-state index is 9.73. The zero-order chi connectivity index (χ0) is 18.3. The predicted molar refractivity (Wildman–Crippen MR) is 97.2 cm³/mol. The summed E-state index contributed by atoms with van der Waals surface area (Å²) in [6, 6.07) is 11.5. The number of allylic oxidation sites excluding steroid dienone is 1. The Balaban J connectivity index is 1.95. The van der Waals surface area contributed by atoms with Gasteiger partial charge >= 0.3 is 0 Å². The molecule has 7 heteroatoms. The number of nitriles is 1. The Labute approximate surface area is 158 Å². The van der Waals surface area contributed by atoms with E-state index in [2.05, 4.69) is 22.0 Å². The molecule has 0 amide bonds. The van der Waals surface area contributed by atoms with Crippen molar-refractivity contribution in [2.24, 2.45) is 5.73 Å². The molecule has 0 aromatic heterocycles. The van der Waals surface area contributed by atoms with Gasteiger partial charge < -0.3 is 24.7 Å². The van der Waals surface area contributed by atoms with Gasteiger partial charge in [-0.3, -0.25) is 0 Å². The van der Waals surface area contributed by atoms with Crippen LogP contribution in [0.15, 0.2) is 46.3 Å². The normalized spacial score (nSPS) is 17.3. The number of nitrogens with two attached hydrogens (primary N) is 1. The summed E-state index contributed by atoms with van der Waals surface area (Å²) in [5.41, 5.74) is 7.98. The fraction of sp³-hybridized carbons (Fsp3) is 0.211. The Bertz CT molecular complexity index is 965. The van der Waals surface area contributed by atoms with Crippen LogP contribution in [0.1, 0.15) is 24.0 Å². The summed E-state index contributed by atoms with van der Waals surface area (Å²) in [7, 11) is 0. The quantitative estimate of drug-likeness (QED) is 0.821. The lowest BCUT2D eigenvalue weighted by Gasteiger charge is -2.28. The molecule has 4 rings (SSSR count). The van der Waals surface area contributed by atoms with Crippen LogP contribution in [0.2, 0.25) is 0 Å². The molecule has 26 heavy (non-hydrogen) atoms. The van der Waals surface area contributed by atoms with Crippen LogP contribution in [0.25, 0.3) is 0 Å². The SMILES string of the molecule is CCOc1ccc(Br)cc1[C@H]1C(C#N)=C(N)Oc2cc3c(cc21)OCO3. The van der Waals surface area contributed by atoms with Crippen molar-refractivity contribution >= 4 is 15.9 Å². The van der Waals surface area contributed by atoms with Crippen molar-refractivity contribution in [1.29, 1.82) is 5.26 Å². The molecule has 0 aliphatic carbocycles. The van der Waals surface area contributed by atoms with Crippen LogP contribution in [-0.2, 0) is 0 Å². The van der Waals surface area contributed by atoms with Gasteiger partial charge in [-0.15, -0.1) is 0 Å². The number of fused-ring (bicyclic) bond motifs is 2. The highest BCUT2D eigenvalue weighted by molar-refractivity contribution is 9.10. The molecular weight excluding hydrogens is 400 g/mol. The lowest BCUT2D eigenvalue weighted by molar-refractivity contribution is 0.174. The molecule has 1 atom stereocenters. The predicted octanol–water partition coefficient (Wildman–Crippen LogP) is 3.79. The van der Waals surface area contributed by atoms with Crippen molar-refractivity contribution in [3.8, 4) is 29.1 Å². The number of halogens is 1. The van der Waals surface area contributed by atoms with E-state index in [1.54, 1.807) is 6.07 Å². The molecule has 0 bridgehead atoms. The maximum Gasteiger partial charge on any atom is 0.231 e. The number of rotatable bonds is 3. The van der Waals surface area contributed by atoms with E-state index in [1.165, 1.54) is 0 Å². The van der Waals surface area contributed by atoms with Gasteiger partial charge in [0.2, 0.25) is 12.7 Å². The van der Waals surface area contributed by atoms with E-state index < -0.39 is 5.92 Å². The van der Waals surface area contributed by atoms with Gasteiger partial charge in [-0.2, -0.15) is 5.26 Å². The molecule has 0 fully saturated rings. The number of benzene rings is 2. The molecule has 0 saturated heterocycles. The standard InChI is InChI=1S/C19H15BrN2O4/c1-2-23-14-4-3-10(20)5-11(14)18-12-6-16-17(25-9-24-16)7-15(12)26-19(22)13(18)8-21/h3-7,18H,2,9,22H2,1H3/t18-/m1/s1. The minimum atomic E-state index is -0.433. The fourth-order valence-corrected chi connectivity index (χ4v) is 3.58. The molecule has 2 aliphatic heterocycles. The third-order valence-electron chi connectivity index (χ3n) is 4.29. The number of nitrogens with zero attached hydrogens (tertiary/aromatic N) is 1. The summed E-state index contributed by atoms with van der Waals surface area (Å²) in [6.45, 7) is 2.57. The van der Waals surface area contributed by atoms with Crippen molar-refractivity contribution < 1.29 is 18.9 Å². The molecule has 0 radical (unpaired) electrons. The molecule has 132 valence electrons. The van der Waals surface area contributed by atoms with Crippen molar-refractivity contribution in [3.63, 3.8) is 0 Å². The Morgan fingerprint density at radius 2 is 1.96 bits per heavy atom. The van der Waals surface area contributed by atoms with E-state index in [-0.39, 0.29) is 12.7 Å². The molecule has 2 aliphatic rings. The van der Waals surface area contributed by atoms with Crippen LogP contribution in [0.4, 0.5) is 0 Å².